The molecule has 1 amide bonds. The van der Waals surface area contributed by atoms with Crippen LogP contribution in [0.1, 0.15) is 24.2 Å². The molecule has 0 aliphatic rings. The summed E-state index contributed by atoms with van der Waals surface area (Å²) in [6, 6.07) is 7.89. The van der Waals surface area contributed by atoms with E-state index in [2.05, 4.69) is 11.6 Å². The minimum absolute atomic E-state index is 0.0398. The van der Waals surface area contributed by atoms with E-state index in [-0.39, 0.29) is 11.9 Å². The lowest BCUT2D eigenvalue weighted by atomic mass is 10.1. The van der Waals surface area contributed by atoms with Gasteiger partial charge in [0.1, 0.15) is 0 Å². The Labute approximate surface area is 107 Å². The molecule has 0 bridgehead atoms. The number of carbonyl (C=O) groups excluding carboxylic acids is 1. The third-order valence-electron chi connectivity index (χ3n) is 3.03. The van der Waals surface area contributed by atoms with Gasteiger partial charge in [-0.3, -0.25) is 4.79 Å². The molecular formula is C15H18N2O. The fourth-order valence-corrected chi connectivity index (χ4v) is 2.09. The second-order valence-corrected chi connectivity index (χ2v) is 4.59. The Morgan fingerprint density at radius 3 is 2.89 bits per heavy atom. The number of rotatable bonds is 4. The first-order valence-electron chi connectivity index (χ1n) is 6.13. The lowest BCUT2D eigenvalue weighted by Crippen LogP contribution is -2.37. The third kappa shape index (κ3) is 2.16. The van der Waals surface area contributed by atoms with Crippen LogP contribution in [0.25, 0.3) is 10.9 Å². The van der Waals surface area contributed by atoms with Crippen molar-refractivity contribution >= 4 is 16.8 Å². The van der Waals surface area contributed by atoms with E-state index in [0.29, 0.717) is 12.1 Å². The SMILES string of the molecule is C=CCN(C(=O)c1cccc2cc[nH]c12)C(C)C. The third-order valence-corrected chi connectivity index (χ3v) is 3.03. The number of hydrogen-bond donors (Lipinski definition) is 1. The van der Waals surface area contributed by atoms with Crippen molar-refractivity contribution in [2.45, 2.75) is 19.9 Å². The van der Waals surface area contributed by atoms with Gasteiger partial charge in [-0.25, -0.2) is 0 Å². The Hall–Kier alpha value is -2.03. The van der Waals surface area contributed by atoms with Crippen LogP contribution in [-0.4, -0.2) is 28.4 Å². The number of nitrogens with zero attached hydrogens (tertiary/aromatic N) is 1. The van der Waals surface area contributed by atoms with Crippen molar-refractivity contribution in [1.29, 1.82) is 0 Å². The van der Waals surface area contributed by atoms with Crippen LogP contribution in [0.4, 0.5) is 0 Å². The first-order valence-corrected chi connectivity index (χ1v) is 6.13. The van der Waals surface area contributed by atoms with E-state index >= 15 is 0 Å². The van der Waals surface area contributed by atoms with Crippen molar-refractivity contribution in [1.82, 2.24) is 9.88 Å². The summed E-state index contributed by atoms with van der Waals surface area (Å²) in [5, 5.41) is 1.06. The molecule has 2 rings (SSSR count). The van der Waals surface area contributed by atoms with Gasteiger partial charge < -0.3 is 9.88 Å². The van der Waals surface area contributed by atoms with E-state index in [1.165, 1.54) is 0 Å². The number of H-pyrrole nitrogens is 1. The minimum Gasteiger partial charge on any atom is -0.361 e. The second-order valence-electron chi connectivity index (χ2n) is 4.59. The maximum Gasteiger partial charge on any atom is 0.256 e. The molecule has 3 nitrogen and oxygen atoms in total. The molecular weight excluding hydrogens is 224 g/mol. The molecule has 2 aromatic rings. The first-order chi connectivity index (χ1) is 8.65. The minimum atomic E-state index is 0.0398. The Balaban J connectivity index is 2.43. The summed E-state index contributed by atoms with van der Waals surface area (Å²) in [6.07, 6.45) is 3.61. The molecule has 1 aromatic carbocycles. The Bertz CT molecular complexity index is 569. The number of fused-ring (bicyclic) bond motifs is 1. The Morgan fingerprint density at radius 2 is 2.22 bits per heavy atom. The predicted octanol–water partition coefficient (Wildman–Crippen LogP) is 3.20. The largest absolute Gasteiger partial charge is 0.361 e. The number of para-hydroxylation sites is 1. The predicted molar refractivity (Wildman–Crippen MR) is 74.7 cm³/mol. The number of benzene rings is 1. The molecule has 94 valence electrons. The van der Waals surface area contributed by atoms with Crippen molar-refractivity contribution in [3.63, 3.8) is 0 Å². The average molecular weight is 242 g/mol. The molecule has 0 fully saturated rings. The van der Waals surface area contributed by atoms with Crippen LogP contribution >= 0.6 is 0 Å². The highest BCUT2D eigenvalue weighted by Crippen LogP contribution is 2.19. The smallest absolute Gasteiger partial charge is 0.256 e. The quantitative estimate of drug-likeness (QED) is 0.821. The highest BCUT2D eigenvalue weighted by atomic mass is 16.2. The number of carbonyl (C=O) groups is 1. The van der Waals surface area contributed by atoms with E-state index in [4.69, 9.17) is 0 Å². The van der Waals surface area contributed by atoms with Crippen molar-refractivity contribution in [2.75, 3.05) is 6.54 Å². The van der Waals surface area contributed by atoms with Gasteiger partial charge in [-0.05, 0) is 26.0 Å². The fraction of sp³-hybridized carbons (Fsp3) is 0.267. The number of nitrogens with one attached hydrogen (secondary N) is 1. The van der Waals surface area contributed by atoms with Crippen LogP contribution in [0, 0.1) is 0 Å². The highest BCUT2D eigenvalue weighted by molar-refractivity contribution is 6.05. The van der Waals surface area contributed by atoms with Crippen LogP contribution in [-0.2, 0) is 0 Å². The molecule has 1 aromatic heterocycles. The summed E-state index contributed by atoms with van der Waals surface area (Å²) in [5.74, 6) is 0.0398. The molecule has 0 spiro atoms. The molecule has 0 saturated heterocycles. The molecule has 0 saturated carbocycles. The zero-order valence-electron chi connectivity index (χ0n) is 10.8. The molecule has 3 heteroatoms. The van der Waals surface area contributed by atoms with Gasteiger partial charge in [0.2, 0.25) is 0 Å². The van der Waals surface area contributed by atoms with Crippen LogP contribution in [0.3, 0.4) is 0 Å². The molecule has 0 radical (unpaired) electrons. The van der Waals surface area contributed by atoms with Gasteiger partial charge in [-0.15, -0.1) is 6.58 Å². The first kappa shape index (κ1) is 12.4. The molecule has 1 N–H and O–H groups in total. The zero-order chi connectivity index (χ0) is 13.1. The van der Waals surface area contributed by atoms with Gasteiger partial charge in [0.15, 0.2) is 0 Å². The summed E-state index contributed by atoms with van der Waals surface area (Å²) < 4.78 is 0. The maximum atomic E-state index is 12.5. The van der Waals surface area contributed by atoms with E-state index in [1.807, 2.05) is 49.2 Å². The van der Waals surface area contributed by atoms with Gasteiger partial charge in [-0.1, -0.05) is 18.2 Å². The number of aromatic nitrogens is 1. The van der Waals surface area contributed by atoms with Crippen molar-refractivity contribution in [3.05, 3.63) is 48.7 Å². The lowest BCUT2D eigenvalue weighted by Gasteiger charge is -2.25. The fourth-order valence-electron chi connectivity index (χ4n) is 2.09. The summed E-state index contributed by atoms with van der Waals surface area (Å²) in [5.41, 5.74) is 1.62. The van der Waals surface area contributed by atoms with E-state index < -0.39 is 0 Å². The molecule has 0 aliphatic carbocycles. The molecule has 0 aliphatic heterocycles. The number of hydrogen-bond acceptors (Lipinski definition) is 1. The summed E-state index contributed by atoms with van der Waals surface area (Å²) in [6.45, 7) is 8.29. The van der Waals surface area contributed by atoms with E-state index in [9.17, 15) is 4.79 Å². The monoisotopic (exact) mass is 242 g/mol. The molecule has 1 heterocycles. The topological polar surface area (TPSA) is 36.1 Å². The van der Waals surface area contributed by atoms with Crippen LogP contribution in [0.5, 0.6) is 0 Å². The molecule has 0 unspecified atom stereocenters. The van der Waals surface area contributed by atoms with Crippen LogP contribution in [0.15, 0.2) is 43.1 Å². The van der Waals surface area contributed by atoms with Gasteiger partial charge in [0.25, 0.3) is 5.91 Å². The zero-order valence-corrected chi connectivity index (χ0v) is 10.8. The van der Waals surface area contributed by atoms with Gasteiger partial charge in [-0.2, -0.15) is 0 Å². The second kappa shape index (κ2) is 5.08. The summed E-state index contributed by atoms with van der Waals surface area (Å²) in [7, 11) is 0. The van der Waals surface area contributed by atoms with Crippen LogP contribution < -0.4 is 0 Å². The van der Waals surface area contributed by atoms with Crippen LogP contribution in [0.2, 0.25) is 0 Å². The highest BCUT2D eigenvalue weighted by Gasteiger charge is 2.19. The average Bonchev–Trinajstić information content (AvgIpc) is 2.82. The Kier molecular flexibility index (Phi) is 3.51. The molecule has 0 atom stereocenters. The lowest BCUT2D eigenvalue weighted by molar-refractivity contribution is 0.0730. The standard InChI is InChI=1S/C15H18N2O/c1-4-10-17(11(2)3)15(18)13-7-5-6-12-8-9-16-14(12)13/h4-9,11,16H,1,10H2,2-3H3. The Morgan fingerprint density at radius 1 is 1.44 bits per heavy atom. The van der Waals surface area contributed by atoms with E-state index in [1.54, 1.807) is 6.08 Å². The molecule has 18 heavy (non-hydrogen) atoms. The normalized spacial score (nSPS) is 10.8. The van der Waals surface area contributed by atoms with Gasteiger partial charge >= 0.3 is 0 Å². The van der Waals surface area contributed by atoms with Crippen molar-refractivity contribution in [3.8, 4) is 0 Å². The van der Waals surface area contributed by atoms with Gasteiger partial charge in [0.05, 0.1) is 11.1 Å². The van der Waals surface area contributed by atoms with Crippen molar-refractivity contribution in [2.24, 2.45) is 0 Å². The van der Waals surface area contributed by atoms with E-state index in [0.717, 1.165) is 10.9 Å². The summed E-state index contributed by atoms with van der Waals surface area (Å²) >= 11 is 0. The van der Waals surface area contributed by atoms with Gasteiger partial charge in [0, 0.05) is 24.2 Å². The summed E-state index contributed by atoms with van der Waals surface area (Å²) in [4.78, 5) is 17.5. The number of amides is 1. The van der Waals surface area contributed by atoms with Crippen molar-refractivity contribution < 1.29 is 4.79 Å². The number of aromatic amines is 1. The maximum absolute atomic E-state index is 12.5.